The summed E-state index contributed by atoms with van der Waals surface area (Å²) < 4.78 is 11.0. The Labute approximate surface area is 216 Å². The number of hydrogen-bond donors (Lipinski definition) is 2. The van der Waals surface area contributed by atoms with Gasteiger partial charge in [-0.3, -0.25) is 14.7 Å². The molecule has 33 heavy (non-hydrogen) atoms. The molecule has 0 aliphatic carbocycles. The van der Waals surface area contributed by atoms with E-state index in [0.29, 0.717) is 6.61 Å². The number of carbonyl (C=O) groups is 1. The number of nitrogens with zero attached hydrogens (tertiary/aromatic N) is 3. The Kier molecular flexibility index (Phi) is 14.2. The van der Waals surface area contributed by atoms with Gasteiger partial charge in [0.2, 0.25) is 5.91 Å². The van der Waals surface area contributed by atoms with Gasteiger partial charge in [0.05, 0.1) is 19.8 Å². The molecule has 1 saturated heterocycles. The second-order valence-electron chi connectivity index (χ2n) is 8.23. The smallest absolute Gasteiger partial charge is 0.239 e. The quantitative estimate of drug-likeness (QED) is 0.173. The molecule has 9 heteroatoms. The largest absolute Gasteiger partial charge is 0.493 e. The standard InChI is InChI=1S/C24H41N5O3.HI/c1-6-32-22-18-19(12-13-21(22)31-5)10-7-14-26-24(25-2)27-15-9-17-29-16-8-11-20(29)23(30)28(3)4;/h12-13,18,20H,6-11,14-17H2,1-5H3,(H2,25,26,27);1H. The summed E-state index contributed by atoms with van der Waals surface area (Å²) >= 11 is 0. The number of aliphatic imine (C=N–C) groups is 1. The number of methoxy groups -OCH3 is 1. The molecule has 1 aromatic rings. The zero-order valence-electron chi connectivity index (χ0n) is 20.9. The Morgan fingerprint density at radius 3 is 2.58 bits per heavy atom. The minimum atomic E-state index is 0. The number of hydrogen-bond acceptors (Lipinski definition) is 5. The van der Waals surface area contributed by atoms with Crippen molar-refractivity contribution in [1.29, 1.82) is 0 Å². The molecular formula is C24H42IN5O3. The van der Waals surface area contributed by atoms with Crippen LogP contribution >= 0.6 is 24.0 Å². The van der Waals surface area contributed by atoms with Crippen LogP contribution in [0.3, 0.4) is 0 Å². The molecule has 2 rings (SSSR count). The average molecular weight is 576 g/mol. The minimum Gasteiger partial charge on any atom is -0.493 e. The Hall–Kier alpha value is -1.75. The van der Waals surface area contributed by atoms with Gasteiger partial charge in [-0.2, -0.15) is 0 Å². The second-order valence-corrected chi connectivity index (χ2v) is 8.23. The fourth-order valence-electron chi connectivity index (χ4n) is 4.03. The second kappa shape index (κ2) is 16.0. The fraction of sp³-hybridized carbons (Fsp3) is 0.667. The lowest BCUT2D eigenvalue weighted by atomic mass is 10.1. The van der Waals surface area contributed by atoms with Gasteiger partial charge in [-0.25, -0.2) is 0 Å². The first kappa shape index (κ1) is 29.3. The van der Waals surface area contributed by atoms with E-state index in [1.165, 1.54) is 5.56 Å². The van der Waals surface area contributed by atoms with Crippen LogP contribution < -0.4 is 20.1 Å². The molecule has 2 N–H and O–H groups in total. The van der Waals surface area contributed by atoms with Gasteiger partial charge in [-0.15, -0.1) is 24.0 Å². The van der Waals surface area contributed by atoms with Gasteiger partial charge in [0, 0.05) is 40.8 Å². The van der Waals surface area contributed by atoms with E-state index in [2.05, 4.69) is 32.7 Å². The number of amides is 1. The van der Waals surface area contributed by atoms with Gasteiger partial charge in [0.15, 0.2) is 17.5 Å². The molecule has 0 spiro atoms. The average Bonchev–Trinajstić information content (AvgIpc) is 3.26. The molecule has 8 nitrogen and oxygen atoms in total. The van der Waals surface area contributed by atoms with Crippen LogP contribution in [0.5, 0.6) is 11.5 Å². The highest BCUT2D eigenvalue weighted by atomic mass is 127. The van der Waals surface area contributed by atoms with E-state index in [-0.39, 0.29) is 35.9 Å². The lowest BCUT2D eigenvalue weighted by Gasteiger charge is -2.26. The Morgan fingerprint density at radius 1 is 1.21 bits per heavy atom. The summed E-state index contributed by atoms with van der Waals surface area (Å²) in [6, 6.07) is 6.15. The van der Waals surface area contributed by atoms with Crippen molar-refractivity contribution in [3.8, 4) is 11.5 Å². The van der Waals surface area contributed by atoms with E-state index in [1.54, 1.807) is 19.1 Å². The van der Waals surface area contributed by atoms with E-state index in [0.717, 1.165) is 75.7 Å². The van der Waals surface area contributed by atoms with Crippen molar-refractivity contribution in [3.63, 3.8) is 0 Å². The van der Waals surface area contributed by atoms with Crippen LogP contribution in [0.1, 0.15) is 38.2 Å². The summed E-state index contributed by atoms with van der Waals surface area (Å²) in [6.07, 6.45) is 4.98. The summed E-state index contributed by atoms with van der Waals surface area (Å²) in [6.45, 7) is 6.19. The van der Waals surface area contributed by atoms with E-state index in [9.17, 15) is 4.79 Å². The van der Waals surface area contributed by atoms with Crippen molar-refractivity contribution in [1.82, 2.24) is 20.4 Å². The van der Waals surface area contributed by atoms with Crippen LogP contribution in [0.25, 0.3) is 0 Å². The third-order valence-corrected chi connectivity index (χ3v) is 5.69. The molecule has 0 bridgehead atoms. The highest BCUT2D eigenvalue weighted by molar-refractivity contribution is 14.0. The number of rotatable bonds is 12. The van der Waals surface area contributed by atoms with Gasteiger partial charge >= 0.3 is 0 Å². The SMILES string of the molecule is CCOc1cc(CCCNC(=NC)NCCCN2CCCC2C(=O)N(C)C)ccc1OC.I. The maximum Gasteiger partial charge on any atom is 0.239 e. The summed E-state index contributed by atoms with van der Waals surface area (Å²) in [5, 5.41) is 6.76. The number of carbonyl (C=O) groups excluding carboxylic acids is 1. The van der Waals surface area contributed by atoms with Crippen LogP contribution in [0, 0.1) is 0 Å². The van der Waals surface area contributed by atoms with Crippen molar-refractivity contribution in [2.45, 2.75) is 45.1 Å². The van der Waals surface area contributed by atoms with Crippen molar-refractivity contribution >= 4 is 35.8 Å². The highest BCUT2D eigenvalue weighted by Crippen LogP contribution is 2.28. The zero-order chi connectivity index (χ0) is 23.3. The van der Waals surface area contributed by atoms with Crippen molar-refractivity contribution in [2.75, 3.05) is 61.0 Å². The topological polar surface area (TPSA) is 78.4 Å². The van der Waals surface area contributed by atoms with Gasteiger partial charge < -0.3 is 25.0 Å². The van der Waals surface area contributed by atoms with E-state index in [1.807, 2.05) is 27.1 Å². The van der Waals surface area contributed by atoms with Crippen LogP contribution in [-0.2, 0) is 11.2 Å². The maximum atomic E-state index is 12.3. The molecule has 1 amide bonds. The van der Waals surface area contributed by atoms with Crippen molar-refractivity contribution in [3.05, 3.63) is 23.8 Å². The zero-order valence-corrected chi connectivity index (χ0v) is 23.2. The van der Waals surface area contributed by atoms with Crippen LogP contribution in [0.15, 0.2) is 23.2 Å². The van der Waals surface area contributed by atoms with Gasteiger partial charge in [-0.05, 0) is 63.3 Å². The van der Waals surface area contributed by atoms with E-state index < -0.39 is 0 Å². The van der Waals surface area contributed by atoms with E-state index >= 15 is 0 Å². The van der Waals surface area contributed by atoms with Crippen LogP contribution in [0.2, 0.25) is 0 Å². The number of benzene rings is 1. The third kappa shape index (κ3) is 9.56. The molecule has 0 aromatic heterocycles. The number of guanidine groups is 1. The Bertz CT molecular complexity index is 745. The first-order valence-electron chi connectivity index (χ1n) is 11.7. The number of aryl methyl sites for hydroxylation is 1. The molecule has 1 aliphatic rings. The molecule has 1 fully saturated rings. The monoisotopic (exact) mass is 575 g/mol. The lowest BCUT2D eigenvalue weighted by molar-refractivity contribution is -0.133. The molecule has 1 atom stereocenters. The van der Waals surface area contributed by atoms with E-state index in [4.69, 9.17) is 9.47 Å². The molecule has 188 valence electrons. The van der Waals surface area contributed by atoms with Crippen LogP contribution in [-0.4, -0.2) is 88.7 Å². The van der Waals surface area contributed by atoms with Gasteiger partial charge in [0.1, 0.15) is 0 Å². The molecule has 0 saturated carbocycles. The molecule has 1 aromatic carbocycles. The minimum absolute atomic E-state index is 0. The first-order valence-corrected chi connectivity index (χ1v) is 11.7. The summed E-state index contributed by atoms with van der Waals surface area (Å²) in [5.74, 6) is 2.60. The molecular weight excluding hydrogens is 533 g/mol. The number of halogens is 1. The number of likely N-dealkylation sites (N-methyl/N-ethyl adjacent to an activating group) is 1. The Balaban J connectivity index is 0.00000544. The molecule has 0 radical (unpaired) electrons. The molecule has 1 aliphatic heterocycles. The summed E-state index contributed by atoms with van der Waals surface area (Å²) in [7, 11) is 7.12. The first-order chi connectivity index (χ1) is 15.5. The highest BCUT2D eigenvalue weighted by Gasteiger charge is 2.30. The fourth-order valence-corrected chi connectivity index (χ4v) is 4.03. The van der Waals surface area contributed by atoms with Gasteiger partial charge in [0.25, 0.3) is 0 Å². The Morgan fingerprint density at radius 2 is 1.94 bits per heavy atom. The normalized spacial score (nSPS) is 16.2. The number of ether oxygens (including phenoxy) is 2. The van der Waals surface area contributed by atoms with Crippen molar-refractivity contribution < 1.29 is 14.3 Å². The number of nitrogens with one attached hydrogen (secondary N) is 2. The predicted octanol–water partition coefficient (Wildman–Crippen LogP) is 2.75. The van der Waals surface area contributed by atoms with Crippen molar-refractivity contribution in [2.24, 2.45) is 4.99 Å². The third-order valence-electron chi connectivity index (χ3n) is 5.69. The van der Waals surface area contributed by atoms with Crippen LogP contribution in [0.4, 0.5) is 0 Å². The molecule has 1 unspecified atom stereocenters. The maximum absolute atomic E-state index is 12.3. The molecule has 1 heterocycles. The predicted molar refractivity (Wildman–Crippen MR) is 145 cm³/mol. The number of likely N-dealkylation sites (tertiary alicyclic amines) is 1. The van der Waals surface area contributed by atoms with Gasteiger partial charge in [-0.1, -0.05) is 6.07 Å². The summed E-state index contributed by atoms with van der Waals surface area (Å²) in [5.41, 5.74) is 1.23. The summed E-state index contributed by atoms with van der Waals surface area (Å²) in [4.78, 5) is 20.6. The lowest BCUT2D eigenvalue weighted by Crippen LogP contribution is -2.44.